The van der Waals surface area contributed by atoms with Gasteiger partial charge in [0.05, 0.1) is 18.4 Å². The minimum Gasteiger partial charge on any atom is -0.390 e. The lowest BCUT2D eigenvalue weighted by Gasteiger charge is -2.35. The molecule has 2 saturated heterocycles. The smallest absolute Gasteiger partial charge is 0.225 e. The Bertz CT molecular complexity index is 429. The summed E-state index contributed by atoms with van der Waals surface area (Å²) >= 11 is 0. The van der Waals surface area contributed by atoms with E-state index in [1.807, 2.05) is 0 Å². The average molecular weight is 278 g/mol. The fraction of sp³-hybridized carbons (Fsp3) is 0.714. The number of anilines is 1. The maximum absolute atomic E-state index is 9.13. The number of piperazine rings is 1. The van der Waals surface area contributed by atoms with E-state index in [0.717, 1.165) is 45.3 Å². The third-order valence-electron chi connectivity index (χ3n) is 4.00. The van der Waals surface area contributed by atoms with Crippen molar-refractivity contribution in [1.29, 1.82) is 0 Å². The van der Waals surface area contributed by atoms with Crippen LogP contribution in [0, 0.1) is 0 Å². The Labute approximate surface area is 119 Å². The Balaban J connectivity index is 1.52. The van der Waals surface area contributed by atoms with Gasteiger partial charge in [-0.1, -0.05) is 0 Å². The molecular formula is C14H22N4O2. The monoisotopic (exact) mass is 278 g/mol. The van der Waals surface area contributed by atoms with Crippen LogP contribution in [0.15, 0.2) is 12.3 Å². The van der Waals surface area contributed by atoms with Gasteiger partial charge in [-0.25, -0.2) is 9.97 Å². The van der Waals surface area contributed by atoms with Crippen LogP contribution in [-0.4, -0.2) is 65.4 Å². The zero-order chi connectivity index (χ0) is 13.8. The Morgan fingerprint density at radius 1 is 1.30 bits per heavy atom. The van der Waals surface area contributed by atoms with Gasteiger partial charge in [0, 0.05) is 45.5 Å². The standard InChI is InChI=1S/C14H22N4O2/c19-11-12-3-4-15-14(16-12)18-7-5-17(6-8-18)10-13-2-1-9-20-13/h3-4,13,19H,1-2,5-11H2. The highest BCUT2D eigenvalue weighted by molar-refractivity contribution is 5.31. The Morgan fingerprint density at radius 3 is 2.85 bits per heavy atom. The molecular weight excluding hydrogens is 256 g/mol. The van der Waals surface area contributed by atoms with Gasteiger partial charge in [0.15, 0.2) is 0 Å². The van der Waals surface area contributed by atoms with Gasteiger partial charge in [-0.05, 0) is 18.9 Å². The molecule has 2 aliphatic rings. The largest absolute Gasteiger partial charge is 0.390 e. The van der Waals surface area contributed by atoms with E-state index in [0.29, 0.717) is 11.8 Å². The maximum atomic E-state index is 9.13. The van der Waals surface area contributed by atoms with Gasteiger partial charge < -0.3 is 14.7 Å². The first-order chi connectivity index (χ1) is 9.85. The highest BCUT2D eigenvalue weighted by Gasteiger charge is 2.23. The van der Waals surface area contributed by atoms with Gasteiger partial charge in [0.1, 0.15) is 0 Å². The summed E-state index contributed by atoms with van der Waals surface area (Å²) < 4.78 is 5.69. The second-order valence-electron chi connectivity index (χ2n) is 5.43. The molecule has 1 unspecified atom stereocenters. The van der Waals surface area contributed by atoms with Crippen molar-refractivity contribution in [3.8, 4) is 0 Å². The topological polar surface area (TPSA) is 61.7 Å². The van der Waals surface area contributed by atoms with E-state index >= 15 is 0 Å². The first-order valence-corrected chi connectivity index (χ1v) is 7.37. The lowest BCUT2D eigenvalue weighted by molar-refractivity contribution is 0.0711. The molecule has 1 aromatic heterocycles. The molecule has 0 saturated carbocycles. The van der Waals surface area contributed by atoms with E-state index in [9.17, 15) is 0 Å². The SMILES string of the molecule is OCc1ccnc(N2CCN(CC3CCCO3)CC2)n1. The Kier molecular flexibility index (Phi) is 4.44. The van der Waals surface area contributed by atoms with E-state index in [2.05, 4.69) is 19.8 Å². The van der Waals surface area contributed by atoms with Gasteiger partial charge in [0.2, 0.25) is 5.95 Å². The average Bonchev–Trinajstić information content (AvgIpc) is 3.01. The summed E-state index contributed by atoms with van der Waals surface area (Å²) in [6.45, 7) is 5.84. The lowest BCUT2D eigenvalue weighted by Crippen LogP contribution is -2.49. The molecule has 2 fully saturated rings. The molecule has 0 bridgehead atoms. The number of rotatable bonds is 4. The van der Waals surface area contributed by atoms with Crippen LogP contribution in [0.4, 0.5) is 5.95 Å². The minimum absolute atomic E-state index is 0.0332. The fourth-order valence-electron chi connectivity index (χ4n) is 2.83. The number of aliphatic hydroxyl groups is 1. The van der Waals surface area contributed by atoms with Crippen molar-refractivity contribution in [2.45, 2.75) is 25.6 Å². The number of ether oxygens (including phenoxy) is 1. The molecule has 1 aromatic rings. The molecule has 2 aliphatic heterocycles. The van der Waals surface area contributed by atoms with Crippen molar-refractivity contribution >= 4 is 5.95 Å². The molecule has 0 spiro atoms. The summed E-state index contributed by atoms with van der Waals surface area (Å²) in [4.78, 5) is 13.3. The third kappa shape index (κ3) is 3.26. The van der Waals surface area contributed by atoms with Crippen molar-refractivity contribution in [3.63, 3.8) is 0 Å². The highest BCUT2D eigenvalue weighted by atomic mass is 16.5. The molecule has 1 atom stereocenters. The molecule has 0 aromatic carbocycles. The fourth-order valence-corrected chi connectivity index (χ4v) is 2.83. The van der Waals surface area contributed by atoms with Crippen LogP contribution in [0.25, 0.3) is 0 Å². The molecule has 6 nitrogen and oxygen atoms in total. The van der Waals surface area contributed by atoms with Crippen LogP contribution in [0.1, 0.15) is 18.5 Å². The van der Waals surface area contributed by atoms with E-state index in [-0.39, 0.29) is 6.61 Å². The minimum atomic E-state index is -0.0332. The summed E-state index contributed by atoms with van der Waals surface area (Å²) in [6.07, 6.45) is 4.54. The van der Waals surface area contributed by atoms with E-state index in [4.69, 9.17) is 9.84 Å². The highest BCUT2D eigenvalue weighted by Crippen LogP contribution is 2.16. The molecule has 3 rings (SSSR count). The summed E-state index contributed by atoms with van der Waals surface area (Å²) in [7, 11) is 0. The van der Waals surface area contributed by atoms with Crippen molar-refractivity contribution in [2.75, 3.05) is 44.2 Å². The number of aliphatic hydroxyl groups excluding tert-OH is 1. The summed E-state index contributed by atoms with van der Waals surface area (Å²) in [5.41, 5.74) is 0.678. The van der Waals surface area contributed by atoms with Crippen LogP contribution in [0.5, 0.6) is 0 Å². The molecule has 110 valence electrons. The van der Waals surface area contributed by atoms with Crippen molar-refractivity contribution < 1.29 is 9.84 Å². The maximum Gasteiger partial charge on any atom is 0.225 e. The summed E-state index contributed by atoms with van der Waals surface area (Å²) in [5, 5.41) is 9.13. The Hall–Kier alpha value is -1.24. The first kappa shape index (κ1) is 13.7. The van der Waals surface area contributed by atoms with E-state index in [1.54, 1.807) is 12.3 Å². The van der Waals surface area contributed by atoms with Crippen molar-refractivity contribution in [1.82, 2.24) is 14.9 Å². The molecule has 0 amide bonds. The van der Waals surface area contributed by atoms with Crippen molar-refractivity contribution in [3.05, 3.63) is 18.0 Å². The van der Waals surface area contributed by atoms with Gasteiger partial charge in [0.25, 0.3) is 0 Å². The second kappa shape index (κ2) is 6.47. The predicted octanol–water partition coefficient (Wildman–Crippen LogP) is 0.270. The van der Waals surface area contributed by atoms with Crippen molar-refractivity contribution in [2.24, 2.45) is 0 Å². The number of hydrogen-bond acceptors (Lipinski definition) is 6. The van der Waals surface area contributed by atoms with Crippen LogP contribution in [0.2, 0.25) is 0 Å². The molecule has 0 radical (unpaired) electrons. The zero-order valence-electron chi connectivity index (χ0n) is 11.7. The molecule has 3 heterocycles. The van der Waals surface area contributed by atoms with E-state index in [1.165, 1.54) is 12.8 Å². The van der Waals surface area contributed by atoms with Gasteiger partial charge in [-0.3, -0.25) is 4.90 Å². The quantitative estimate of drug-likeness (QED) is 0.853. The van der Waals surface area contributed by atoms with E-state index < -0.39 is 0 Å². The second-order valence-corrected chi connectivity index (χ2v) is 5.43. The van der Waals surface area contributed by atoms with Crippen LogP contribution < -0.4 is 4.90 Å². The van der Waals surface area contributed by atoms with Gasteiger partial charge in [-0.2, -0.15) is 0 Å². The lowest BCUT2D eigenvalue weighted by atomic mass is 10.2. The number of nitrogens with zero attached hydrogens (tertiary/aromatic N) is 4. The van der Waals surface area contributed by atoms with Crippen LogP contribution >= 0.6 is 0 Å². The molecule has 20 heavy (non-hydrogen) atoms. The summed E-state index contributed by atoms with van der Waals surface area (Å²) in [5.74, 6) is 0.730. The normalized spacial score (nSPS) is 24.2. The van der Waals surface area contributed by atoms with Crippen LogP contribution in [0.3, 0.4) is 0 Å². The number of aromatic nitrogens is 2. The third-order valence-corrected chi connectivity index (χ3v) is 4.00. The molecule has 0 aliphatic carbocycles. The predicted molar refractivity (Wildman–Crippen MR) is 75.6 cm³/mol. The zero-order valence-corrected chi connectivity index (χ0v) is 11.7. The Morgan fingerprint density at radius 2 is 2.15 bits per heavy atom. The molecule has 6 heteroatoms. The van der Waals surface area contributed by atoms with Gasteiger partial charge >= 0.3 is 0 Å². The summed E-state index contributed by atoms with van der Waals surface area (Å²) in [6, 6.07) is 1.75. The number of hydrogen-bond donors (Lipinski definition) is 1. The van der Waals surface area contributed by atoms with Gasteiger partial charge in [-0.15, -0.1) is 0 Å². The first-order valence-electron chi connectivity index (χ1n) is 7.37. The van der Waals surface area contributed by atoms with Crippen LogP contribution in [-0.2, 0) is 11.3 Å². The molecule has 1 N–H and O–H groups in total.